The zero-order valence-electron chi connectivity index (χ0n) is 24.1. The van der Waals surface area contributed by atoms with Crippen LogP contribution in [0.1, 0.15) is 38.8 Å². The summed E-state index contributed by atoms with van der Waals surface area (Å²) < 4.78 is 32.8. The Morgan fingerprint density at radius 2 is 1.56 bits per heavy atom. The predicted octanol–water partition coefficient (Wildman–Crippen LogP) is 5.06. The molecule has 41 heavy (non-hydrogen) atoms. The molecule has 8 nitrogen and oxygen atoms in total. The van der Waals surface area contributed by atoms with E-state index in [-0.39, 0.29) is 24.6 Å². The molecule has 0 fully saturated rings. The maximum atomic E-state index is 14.2. The van der Waals surface area contributed by atoms with Crippen LogP contribution < -0.4 is 14.4 Å². The highest BCUT2D eigenvalue weighted by molar-refractivity contribution is 7.92. The highest BCUT2D eigenvalue weighted by Crippen LogP contribution is 2.30. The van der Waals surface area contributed by atoms with Crippen LogP contribution in [0, 0.1) is 0 Å². The minimum Gasteiger partial charge on any atom is -0.492 e. The van der Waals surface area contributed by atoms with Gasteiger partial charge in [0.2, 0.25) is 21.8 Å². The molecule has 0 bridgehead atoms. The quantitative estimate of drug-likeness (QED) is 0.314. The van der Waals surface area contributed by atoms with Crippen molar-refractivity contribution in [1.82, 2.24) is 10.2 Å². The fourth-order valence-corrected chi connectivity index (χ4v) is 5.40. The highest BCUT2D eigenvalue weighted by Gasteiger charge is 2.35. The standard InChI is InChI=1S/C31H38ClN3O5S/c1-6-40-28-19-13-12-18-26(28)35(41(5,38)39)22-29(36)34(21-24-16-10-11-17-25(24)32)27(30(37)33-31(2,3)4)20-23-14-8-7-9-15-23/h7-19,27H,6,20-22H2,1-5H3,(H,33,37)/t27-/m1/s1. The number of nitrogens with one attached hydrogen (secondary N) is 1. The molecule has 0 spiro atoms. The van der Waals surface area contributed by atoms with Gasteiger partial charge in [0.1, 0.15) is 18.3 Å². The first-order chi connectivity index (χ1) is 19.3. The molecule has 0 radical (unpaired) electrons. The van der Waals surface area contributed by atoms with Crippen molar-refractivity contribution in [1.29, 1.82) is 0 Å². The molecule has 2 amide bonds. The lowest BCUT2D eigenvalue weighted by Gasteiger charge is -2.35. The minimum absolute atomic E-state index is 0.00171. The van der Waals surface area contributed by atoms with Crippen molar-refractivity contribution in [2.45, 2.75) is 52.2 Å². The molecule has 0 aliphatic rings. The monoisotopic (exact) mass is 599 g/mol. The summed E-state index contributed by atoms with van der Waals surface area (Å²) in [5, 5.41) is 3.43. The van der Waals surface area contributed by atoms with E-state index >= 15 is 0 Å². The lowest BCUT2D eigenvalue weighted by atomic mass is 10.0. The number of anilines is 1. The first-order valence-corrected chi connectivity index (χ1v) is 15.6. The smallest absolute Gasteiger partial charge is 0.244 e. The van der Waals surface area contributed by atoms with Gasteiger partial charge in [-0.3, -0.25) is 13.9 Å². The van der Waals surface area contributed by atoms with Crippen molar-refractivity contribution >= 4 is 39.1 Å². The minimum atomic E-state index is -3.92. The summed E-state index contributed by atoms with van der Waals surface area (Å²) >= 11 is 6.49. The van der Waals surface area contributed by atoms with Crippen LogP contribution in [-0.2, 0) is 32.6 Å². The van der Waals surface area contributed by atoms with Gasteiger partial charge in [0.15, 0.2) is 0 Å². The first-order valence-electron chi connectivity index (χ1n) is 13.4. The second kappa shape index (κ2) is 13.9. The van der Waals surface area contributed by atoms with E-state index in [9.17, 15) is 18.0 Å². The van der Waals surface area contributed by atoms with E-state index in [1.165, 1.54) is 4.90 Å². The van der Waals surface area contributed by atoms with Gasteiger partial charge >= 0.3 is 0 Å². The van der Waals surface area contributed by atoms with Crippen molar-refractivity contribution in [3.8, 4) is 5.75 Å². The number of carbonyl (C=O) groups is 2. The fraction of sp³-hybridized carbons (Fsp3) is 0.355. The summed E-state index contributed by atoms with van der Waals surface area (Å²) in [7, 11) is -3.92. The zero-order chi connectivity index (χ0) is 30.2. The third-order valence-corrected chi connectivity index (χ3v) is 7.68. The van der Waals surface area contributed by atoms with Gasteiger partial charge in [0, 0.05) is 23.5 Å². The molecule has 0 aromatic heterocycles. The Balaban J connectivity index is 2.11. The second-order valence-electron chi connectivity index (χ2n) is 10.7. The van der Waals surface area contributed by atoms with E-state index in [1.54, 1.807) is 55.5 Å². The second-order valence-corrected chi connectivity index (χ2v) is 13.0. The number of halogens is 1. The summed E-state index contributed by atoms with van der Waals surface area (Å²) in [6.45, 7) is 7.15. The summed E-state index contributed by atoms with van der Waals surface area (Å²) in [5.41, 5.74) is 1.15. The summed E-state index contributed by atoms with van der Waals surface area (Å²) in [6.07, 6.45) is 1.25. The number of carbonyl (C=O) groups excluding carboxylic acids is 2. The molecule has 220 valence electrons. The number of amides is 2. The molecule has 1 atom stereocenters. The number of ether oxygens (including phenoxy) is 1. The lowest BCUT2D eigenvalue weighted by molar-refractivity contribution is -0.140. The van der Waals surface area contributed by atoms with E-state index in [2.05, 4.69) is 5.32 Å². The van der Waals surface area contributed by atoms with Crippen molar-refractivity contribution < 1.29 is 22.7 Å². The number of hydrogen-bond acceptors (Lipinski definition) is 5. The van der Waals surface area contributed by atoms with E-state index in [4.69, 9.17) is 16.3 Å². The van der Waals surface area contributed by atoms with E-state index in [0.717, 1.165) is 16.1 Å². The number of benzene rings is 3. The van der Waals surface area contributed by atoms with Gasteiger partial charge in [-0.1, -0.05) is 72.3 Å². The third kappa shape index (κ3) is 9.23. The number of para-hydroxylation sites is 2. The summed E-state index contributed by atoms with van der Waals surface area (Å²) in [6, 6.07) is 22.1. The van der Waals surface area contributed by atoms with Crippen LogP contribution in [0.3, 0.4) is 0 Å². The van der Waals surface area contributed by atoms with Gasteiger partial charge in [0.25, 0.3) is 0 Å². The van der Waals surface area contributed by atoms with Crippen LogP contribution >= 0.6 is 11.6 Å². The summed E-state index contributed by atoms with van der Waals surface area (Å²) in [4.78, 5) is 29.4. The van der Waals surface area contributed by atoms with Crippen molar-refractivity contribution in [3.05, 3.63) is 95.0 Å². The first kappa shape index (κ1) is 32.0. The molecule has 3 rings (SSSR count). The molecule has 0 saturated carbocycles. The van der Waals surface area contributed by atoms with Crippen LogP contribution in [0.4, 0.5) is 5.69 Å². The molecular formula is C31H38ClN3O5S. The van der Waals surface area contributed by atoms with Crippen LogP contribution in [0.5, 0.6) is 5.75 Å². The molecule has 3 aromatic rings. The summed E-state index contributed by atoms with van der Waals surface area (Å²) in [5.74, 6) is -0.591. The Morgan fingerprint density at radius 1 is 0.951 bits per heavy atom. The number of nitrogens with zero attached hydrogens (tertiary/aromatic N) is 2. The average Bonchev–Trinajstić information content (AvgIpc) is 2.90. The lowest BCUT2D eigenvalue weighted by Crippen LogP contribution is -2.56. The molecule has 0 aliphatic carbocycles. The normalized spacial score (nSPS) is 12.3. The fourth-order valence-electron chi connectivity index (χ4n) is 4.35. The Labute approximate surface area is 248 Å². The van der Waals surface area contributed by atoms with Crippen molar-refractivity contribution in [2.75, 3.05) is 23.7 Å². The van der Waals surface area contributed by atoms with Crippen LogP contribution in [0.2, 0.25) is 5.02 Å². The Kier molecular flexibility index (Phi) is 10.8. The molecule has 3 aromatic carbocycles. The van der Waals surface area contributed by atoms with Gasteiger partial charge in [-0.15, -0.1) is 0 Å². The largest absolute Gasteiger partial charge is 0.492 e. The van der Waals surface area contributed by atoms with Crippen LogP contribution in [0.25, 0.3) is 0 Å². The maximum absolute atomic E-state index is 14.2. The SMILES string of the molecule is CCOc1ccccc1N(CC(=O)N(Cc1ccccc1Cl)[C@H](Cc1ccccc1)C(=O)NC(C)(C)C)S(C)(=O)=O. The number of sulfonamides is 1. The van der Waals surface area contributed by atoms with Crippen molar-refractivity contribution in [2.24, 2.45) is 0 Å². The van der Waals surface area contributed by atoms with Gasteiger partial charge < -0.3 is 15.0 Å². The Bertz CT molecular complexity index is 1440. The molecule has 0 saturated heterocycles. The van der Waals surface area contributed by atoms with E-state index in [1.807, 2.05) is 51.1 Å². The van der Waals surface area contributed by atoms with Crippen LogP contribution in [-0.4, -0.2) is 56.1 Å². The highest BCUT2D eigenvalue weighted by atomic mass is 35.5. The van der Waals surface area contributed by atoms with Gasteiger partial charge in [0.05, 0.1) is 18.6 Å². The molecule has 0 unspecified atom stereocenters. The Morgan fingerprint density at radius 3 is 2.17 bits per heavy atom. The van der Waals surface area contributed by atoms with Crippen LogP contribution in [0.15, 0.2) is 78.9 Å². The van der Waals surface area contributed by atoms with Crippen molar-refractivity contribution in [3.63, 3.8) is 0 Å². The zero-order valence-corrected chi connectivity index (χ0v) is 25.7. The molecular weight excluding hydrogens is 562 g/mol. The molecule has 0 heterocycles. The Hall–Kier alpha value is -3.56. The third-order valence-electron chi connectivity index (χ3n) is 6.18. The molecule has 0 aliphatic heterocycles. The molecule has 10 heteroatoms. The molecule has 1 N–H and O–H groups in total. The van der Waals surface area contributed by atoms with Gasteiger partial charge in [-0.25, -0.2) is 8.42 Å². The average molecular weight is 600 g/mol. The van der Waals surface area contributed by atoms with Gasteiger partial charge in [-0.05, 0) is 57.0 Å². The predicted molar refractivity (Wildman–Crippen MR) is 164 cm³/mol. The number of rotatable bonds is 12. The number of hydrogen-bond donors (Lipinski definition) is 1. The van der Waals surface area contributed by atoms with E-state index < -0.39 is 34.1 Å². The maximum Gasteiger partial charge on any atom is 0.244 e. The van der Waals surface area contributed by atoms with Gasteiger partial charge in [-0.2, -0.15) is 0 Å². The van der Waals surface area contributed by atoms with E-state index in [0.29, 0.717) is 22.9 Å². The topological polar surface area (TPSA) is 96.0 Å².